The maximum absolute atomic E-state index is 10.3. The van der Waals surface area contributed by atoms with Crippen molar-refractivity contribution < 1.29 is 9.84 Å². The summed E-state index contributed by atoms with van der Waals surface area (Å²) in [5.41, 5.74) is 1.81. The van der Waals surface area contributed by atoms with Crippen LogP contribution in [0.2, 0.25) is 0 Å². The molecule has 20 heavy (non-hydrogen) atoms. The summed E-state index contributed by atoms with van der Waals surface area (Å²) < 4.78 is 5.79. The molecular weight excluding hydrogens is 274 g/mol. The maximum Gasteiger partial charge on any atom is 0.137 e. The molecule has 1 aliphatic heterocycles. The van der Waals surface area contributed by atoms with Crippen LogP contribution in [0.1, 0.15) is 10.8 Å². The second-order valence-electron chi connectivity index (χ2n) is 4.91. The molecule has 2 aromatic heterocycles. The summed E-state index contributed by atoms with van der Waals surface area (Å²) in [4.78, 5) is 9.28. The lowest BCUT2D eigenvalue weighted by Gasteiger charge is -2.35. The normalized spacial score (nSPS) is 26.4. The van der Waals surface area contributed by atoms with E-state index in [1.807, 2.05) is 23.8 Å². The van der Waals surface area contributed by atoms with Crippen LogP contribution >= 0.6 is 11.3 Å². The van der Waals surface area contributed by atoms with E-state index >= 15 is 0 Å². The first-order chi connectivity index (χ1) is 9.84. The molecule has 0 spiro atoms. The fourth-order valence-corrected chi connectivity index (χ4v) is 3.47. The zero-order valence-electron chi connectivity index (χ0n) is 11.0. The number of pyridine rings is 1. The second kappa shape index (κ2) is 6.30. The van der Waals surface area contributed by atoms with Crippen molar-refractivity contribution in [2.24, 2.45) is 5.92 Å². The molecule has 0 aliphatic carbocycles. The van der Waals surface area contributed by atoms with E-state index in [1.165, 1.54) is 0 Å². The lowest BCUT2D eigenvalue weighted by Crippen LogP contribution is -2.47. The van der Waals surface area contributed by atoms with Gasteiger partial charge >= 0.3 is 0 Å². The van der Waals surface area contributed by atoms with Gasteiger partial charge in [0.05, 0.1) is 24.4 Å². The van der Waals surface area contributed by atoms with Crippen molar-refractivity contribution in [2.75, 3.05) is 19.7 Å². The number of aliphatic hydroxyl groups excluding tert-OH is 1. The average molecular weight is 291 g/mol. The van der Waals surface area contributed by atoms with Gasteiger partial charge in [-0.2, -0.15) is 0 Å². The van der Waals surface area contributed by atoms with Crippen molar-refractivity contribution in [1.82, 2.24) is 15.3 Å². The molecule has 3 heterocycles. The Labute approximate surface area is 121 Å². The van der Waals surface area contributed by atoms with Gasteiger partial charge < -0.3 is 15.2 Å². The zero-order chi connectivity index (χ0) is 13.8. The van der Waals surface area contributed by atoms with Gasteiger partial charge in [0.25, 0.3) is 0 Å². The third-order valence-electron chi connectivity index (χ3n) is 3.56. The Hall–Kier alpha value is -1.50. The summed E-state index contributed by atoms with van der Waals surface area (Å²) >= 11 is 1.59. The van der Waals surface area contributed by atoms with E-state index in [0.29, 0.717) is 13.2 Å². The van der Waals surface area contributed by atoms with Crippen LogP contribution in [0.5, 0.6) is 5.75 Å². The predicted octanol–water partition coefficient (Wildman–Crippen LogP) is 1.28. The van der Waals surface area contributed by atoms with Gasteiger partial charge in [-0.05, 0) is 12.1 Å². The number of aliphatic hydroxyl groups is 1. The molecule has 5 nitrogen and oxygen atoms in total. The molecule has 106 valence electrons. The molecule has 3 unspecified atom stereocenters. The number of thiazole rings is 1. The van der Waals surface area contributed by atoms with Crippen LogP contribution in [0.25, 0.3) is 0 Å². The van der Waals surface area contributed by atoms with Crippen molar-refractivity contribution >= 4 is 11.3 Å². The Bertz CT molecular complexity index is 520. The first-order valence-electron chi connectivity index (χ1n) is 6.64. The first kappa shape index (κ1) is 13.5. The molecule has 0 bridgehead atoms. The Morgan fingerprint density at radius 2 is 2.30 bits per heavy atom. The van der Waals surface area contributed by atoms with Gasteiger partial charge in [0, 0.05) is 42.2 Å². The minimum absolute atomic E-state index is 0.0837. The maximum atomic E-state index is 10.3. The van der Waals surface area contributed by atoms with Gasteiger partial charge in [-0.1, -0.05) is 0 Å². The lowest BCUT2D eigenvalue weighted by molar-refractivity contribution is 0.0678. The highest BCUT2D eigenvalue weighted by Gasteiger charge is 2.34. The standard InChI is InChI=1S/C14H17N3O2S/c18-12-6-16-4-10(14(12)13-7-17-9-20-13)8-19-11-2-1-3-15-5-11/h1-3,5,7,9-10,12,14,16,18H,4,6,8H2. The van der Waals surface area contributed by atoms with Crippen LogP contribution < -0.4 is 10.1 Å². The molecule has 0 aromatic carbocycles. The molecule has 1 fully saturated rings. The molecule has 0 radical (unpaired) electrons. The van der Waals surface area contributed by atoms with E-state index in [-0.39, 0.29) is 11.8 Å². The number of ether oxygens (including phenoxy) is 1. The van der Waals surface area contributed by atoms with Gasteiger partial charge in [-0.3, -0.25) is 9.97 Å². The molecule has 3 atom stereocenters. The second-order valence-corrected chi connectivity index (χ2v) is 5.83. The number of hydrogen-bond acceptors (Lipinski definition) is 6. The van der Waals surface area contributed by atoms with Crippen LogP contribution in [0, 0.1) is 5.92 Å². The third-order valence-corrected chi connectivity index (χ3v) is 4.44. The summed E-state index contributed by atoms with van der Waals surface area (Å²) in [6.07, 6.45) is 4.88. The van der Waals surface area contributed by atoms with Crippen molar-refractivity contribution in [3.05, 3.63) is 41.1 Å². The van der Waals surface area contributed by atoms with Gasteiger partial charge in [0.15, 0.2) is 0 Å². The van der Waals surface area contributed by atoms with E-state index in [9.17, 15) is 5.11 Å². The molecule has 6 heteroatoms. The molecular formula is C14H17N3O2S. The topological polar surface area (TPSA) is 67.3 Å². The zero-order valence-corrected chi connectivity index (χ0v) is 11.8. The molecule has 0 amide bonds. The summed E-state index contributed by atoms with van der Waals surface area (Å²) in [6.45, 7) is 2.00. The van der Waals surface area contributed by atoms with Crippen molar-refractivity contribution in [1.29, 1.82) is 0 Å². The number of aromatic nitrogens is 2. The average Bonchev–Trinajstić information content (AvgIpc) is 3.00. The number of nitrogens with zero attached hydrogens (tertiary/aromatic N) is 2. The molecule has 2 N–H and O–H groups in total. The predicted molar refractivity (Wildman–Crippen MR) is 77.0 cm³/mol. The fraction of sp³-hybridized carbons (Fsp3) is 0.429. The van der Waals surface area contributed by atoms with E-state index in [1.54, 1.807) is 23.7 Å². The minimum atomic E-state index is -0.397. The molecule has 0 saturated carbocycles. The smallest absolute Gasteiger partial charge is 0.137 e. The van der Waals surface area contributed by atoms with E-state index in [0.717, 1.165) is 17.2 Å². The molecule has 1 aliphatic rings. The number of piperidine rings is 1. The van der Waals surface area contributed by atoms with E-state index in [2.05, 4.69) is 15.3 Å². The van der Waals surface area contributed by atoms with Crippen LogP contribution in [-0.2, 0) is 0 Å². The van der Waals surface area contributed by atoms with Gasteiger partial charge in [-0.15, -0.1) is 11.3 Å². The Morgan fingerprint density at radius 1 is 1.35 bits per heavy atom. The lowest BCUT2D eigenvalue weighted by atomic mass is 9.84. The van der Waals surface area contributed by atoms with Crippen molar-refractivity contribution in [2.45, 2.75) is 12.0 Å². The first-order valence-corrected chi connectivity index (χ1v) is 7.52. The highest BCUT2D eigenvalue weighted by molar-refractivity contribution is 7.09. The fourth-order valence-electron chi connectivity index (χ4n) is 2.60. The highest BCUT2D eigenvalue weighted by atomic mass is 32.1. The van der Waals surface area contributed by atoms with Crippen molar-refractivity contribution in [3.63, 3.8) is 0 Å². The van der Waals surface area contributed by atoms with Crippen LogP contribution in [-0.4, -0.2) is 40.9 Å². The summed E-state index contributed by atoms with van der Waals surface area (Å²) in [5, 5.41) is 13.5. The van der Waals surface area contributed by atoms with Crippen LogP contribution in [0.15, 0.2) is 36.2 Å². The molecule has 2 aromatic rings. The Kier molecular flexibility index (Phi) is 4.25. The number of β-amino-alcohol motifs (C(OH)–C–C–N with tert-alkyl or cyclic N) is 1. The summed E-state index contributed by atoms with van der Waals surface area (Å²) in [6, 6.07) is 3.74. The highest BCUT2D eigenvalue weighted by Crippen LogP contribution is 2.33. The van der Waals surface area contributed by atoms with Gasteiger partial charge in [-0.25, -0.2) is 0 Å². The third kappa shape index (κ3) is 2.98. The van der Waals surface area contributed by atoms with Crippen LogP contribution in [0.4, 0.5) is 0 Å². The van der Waals surface area contributed by atoms with Crippen molar-refractivity contribution in [3.8, 4) is 5.75 Å². The number of hydrogen-bond donors (Lipinski definition) is 2. The summed E-state index contributed by atoms with van der Waals surface area (Å²) in [5.74, 6) is 1.07. The Morgan fingerprint density at radius 3 is 3.05 bits per heavy atom. The SMILES string of the molecule is OC1CNCC(COc2cccnc2)C1c1cncs1. The van der Waals surface area contributed by atoms with Crippen LogP contribution in [0.3, 0.4) is 0 Å². The molecule has 1 saturated heterocycles. The Balaban J connectivity index is 1.69. The largest absolute Gasteiger partial charge is 0.492 e. The quantitative estimate of drug-likeness (QED) is 0.888. The minimum Gasteiger partial charge on any atom is -0.492 e. The van der Waals surface area contributed by atoms with E-state index in [4.69, 9.17) is 4.74 Å². The monoisotopic (exact) mass is 291 g/mol. The number of rotatable bonds is 4. The van der Waals surface area contributed by atoms with Gasteiger partial charge in [0.2, 0.25) is 0 Å². The number of nitrogens with one attached hydrogen (secondary N) is 1. The molecule has 3 rings (SSSR count). The summed E-state index contributed by atoms with van der Waals surface area (Å²) in [7, 11) is 0. The van der Waals surface area contributed by atoms with Gasteiger partial charge in [0.1, 0.15) is 5.75 Å². The van der Waals surface area contributed by atoms with E-state index < -0.39 is 6.10 Å².